The van der Waals surface area contributed by atoms with Gasteiger partial charge in [-0.2, -0.15) is 0 Å². The van der Waals surface area contributed by atoms with Gasteiger partial charge in [0.1, 0.15) is 0 Å². The highest BCUT2D eigenvalue weighted by atomic mass is 35.5. The van der Waals surface area contributed by atoms with Crippen LogP contribution < -0.4 is 5.32 Å². The van der Waals surface area contributed by atoms with Gasteiger partial charge in [0.05, 0.1) is 0 Å². The van der Waals surface area contributed by atoms with Gasteiger partial charge in [-0.15, -0.1) is 0 Å². The Morgan fingerprint density at radius 3 is 2.76 bits per heavy atom. The Labute approximate surface area is 114 Å². The maximum atomic E-state index is 6.13. The summed E-state index contributed by atoms with van der Waals surface area (Å²) in [6.07, 6.45) is 4.13. The molecule has 17 heavy (non-hydrogen) atoms. The second-order valence-electron chi connectivity index (χ2n) is 5.03. The molecule has 2 unspecified atom stereocenters. The molecule has 0 saturated heterocycles. The van der Waals surface area contributed by atoms with Gasteiger partial charge in [-0.25, -0.2) is 0 Å². The van der Waals surface area contributed by atoms with Crippen LogP contribution in [0.2, 0.25) is 10.0 Å². The van der Waals surface area contributed by atoms with E-state index < -0.39 is 0 Å². The SMILES string of the molecule is CC1CCCC1CNCc1ccc(Cl)cc1Cl. The molecular formula is C14H19Cl2N. The van der Waals surface area contributed by atoms with Crippen molar-refractivity contribution in [3.63, 3.8) is 0 Å². The fraction of sp³-hybridized carbons (Fsp3) is 0.571. The topological polar surface area (TPSA) is 12.0 Å². The Morgan fingerprint density at radius 1 is 1.29 bits per heavy atom. The monoisotopic (exact) mass is 271 g/mol. The first-order valence-corrected chi connectivity index (χ1v) is 7.07. The molecule has 1 fully saturated rings. The maximum absolute atomic E-state index is 6.13. The van der Waals surface area contributed by atoms with E-state index in [0.29, 0.717) is 5.02 Å². The Morgan fingerprint density at radius 2 is 2.12 bits per heavy atom. The molecule has 1 aliphatic carbocycles. The van der Waals surface area contributed by atoms with Crippen molar-refractivity contribution in [3.05, 3.63) is 33.8 Å². The predicted octanol–water partition coefficient (Wildman–Crippen LogP) is 4.52. The van der Waals surface area contributed by atoms with Crippen molar-refractivity contribution in [1.82, 2.24) is 5.32 Å². The van der Waals surface area contributed by atoms with E-state index in [0.717, 1.165) is 35.5 Å². The molecule has 0 aliphatic heterocycles. The Bertz CT molecular complexity index is 378. The predicted molar refractivity (Wildman–Crippen MR) is 74.7 cm³/mol. The van der Waals surface area contributed by atoms with Gasteiger partial charge in [0, 0.05) is 16.6 Å². The lowest BCUT2D eigenvalue weighted by atomic mass is 9.98. The highest BCUT2D eigenvalue weighted by Gasteiger charge is 2.22. The zero-order chi connectivity index (χ0) is 12.3. The summed E-state index contributed by atoms with van der Waals surface area (Å²) in [6.45, 7) is 4.29. The van der Waals surface area contributed by atoms with E-state index in [4.69, 9.17) is 23.2 Å². The Hall–Kier alpha value is -0.240. The largest absolute Gasteiger partial charge is 0.312 e. The van der Waals surface area contributed by atoms with Crippen LogP contribution in [0, 0.1) is 11.8 Å². The lowest BCUT2D eigenvalue weighted by molar-refractivity contribution is 0.392. The van der Waals surface area contributed by atoms with Gasteiger partial charge in [-0.3, -0.25) is 0 Å². The zero-order valence-corrected chi connectivity index (χ0v) is 11.7. The molecule has 1 aliphatic rings. The molecule has 0 radical (unpaired) electrons. The summed E-state index contributed by atoms with van der Waals surface area (Å²) in [4.78, 5) is 0. The number of nitrogens with one attached hydrogen (secondary N) is 1. The molecule has 0 aromatic heterocycles. The standard InChI is InChI=1S/C14H19Cl2N/c1-10-3-2-4-11(10)8-17-9-12-5-6-13(15)7-14(12)16/h5-7,10-11,17H,2-4,8-9H2,1H3. The summed E-state index contributed by atoms with van der Waals surface area (Å²) >= 11 is 12.0. The van der Waals surface area contributed by atoms with Gasteiger partial charge < -0.3 is 5.32 Å². The quantitative estimate of drug-likeness (QED) is 0.849. The van der Waals surface area contributed by atoms with Crippen LogP contribution in [-0.4, -0.2) is 6.54 Å². The third-order valence-corrected chi connectivity index (χ3v) is 4.36. The van der Waals surface area contributed by atoms with E-state index in [9.17, 15) is 0 Å². The summed E-state index contributed by atoms with van der Waals surface area (Å²) in [6, 6.07) is 5.69. The molecule has 1 nitrogen and oxygen atoms in total. The molecule has 0 heterocycles. The van der Waals surface area contributed by atoms with Crippen molar-refractivity contribution >= 4 is 23.2 Å². The first-order valence-electron chi connectivity index (χ1n) is 6.31. The first-order chi connectivity index (χ1) is 8.16. The molecule has 0 bridgehead atoms. The van der Waals surface area contributed by atoms with Crippen molar-refractivity contribution in [2.75, 3.05) is 6.54 Å². The Balaban J connectivity index is 1.81. The normalized spacial score (nSPS) is 24.2. The van der Waals surface area contributed by atoms with Gasteiger partial charge >= 0.3 is 0 Å². The van der Waals surface area contributed by atoms with E-state index in [1.165, 1.54) is 19.3 Å². The van der Waals surface area contributed by atoms with E-state index >= 15 is 0 Å². The van der Waals surface area contributed by atoms with Crippen molar-refractivity contribution in [2.24, 2.45) is 11.8 Å². The summed E-state index contributed by atoms with van der Waals surface area (Å²) in [5.74, 6) is 1.70. The van der Waals surface area contributed by atoms with Crippen LogP contribution in [-0.2, 0) is 6.54 Å². The molecule has 1 N–H and O–H groups in total. The van der Waals surface area contributed by atoms with Gasteiger partial charge in [-0.05, 0) is 42.5 Å². The van der Waals surface area contributed by atoms with Crippen LogP contribution in [0.1, 0.15) is 31.7 Å². The van der Waals surface area contributed by atoms with E-state index in [1.807, 2.05) is 12.1 Å². The minimum atomic E-state index is 0.697. The minimum absolute atomic E-state index is 0.697. The van der Waals surface area contributed by atoms with Gasteiger partial charge in [0.2, 0.25) is 0 Å². The van der Waals surface area contributed by atoms with Gasteiger partial charge in [0.25, 0.3) is 0 Å². The lowest BCUT2D eigenvalue weighted by Crippen LogP contribution is -2.24. The third kappa shape index (κ3) is 3.61. The molecule has 1 aromatic rings. The van der Waals surface area contributed by atoms with Crippen LogP contribution in [0.3, 0.4) is 0 Å². The molecule has 94 valence electrons. The average Bonchev–Trinajstić information content (AvgIpc) is 2.68. The summed E-state index contributed by atoms with van der Waals surface area (Å²) in [7, 11) is 0. The van der Waals surface area contributed by atoms with Crippen LogP contribution in [0.4, 0.5) is 0 Å². The molecule has 3 heteroatoms. The third-order valence-electron chi connectivity index (χ3n) is 3.78. The minimum Gasteiger partial charge on any atom is -0.312 e. The number of hydrogen-bond acceptors (Lipinski definition) is 1. The van der Waals surface area contributed by atoms with Crippen LogP contribution in [0.5, 0.6) is 0 Å². The molecular weight excluding hydrogens is 253 g/mol. The molecule has 2 rings (SSSR count). The molecule has 1 saturated carbocycles. The number of rotatable bonds is 4. The number of benzene rings is 1. The second-order valence-corrected chi connectivity index (χ2v) is 5.88. The van der Waals surface area contributed by atoms with Crippen molar-refractivity contribution in [3.8, 4) is 0 Å². The van der Waals surface area contributed by atoms with Crippen molar-refractivity contribution in [1.29, 1.82) is 0 Å². The zero-order valence-electron chi connectivity index (χ0n) is 10.2. The molecule has 1 aromatic carbocycles. The van der Waals surface area contributed by atoms with E-state index in [1.54, 1.807) is 6.07 Å². The smallest absolute Gasteiger partial charge is 0.0465 e. The molecule has 0 spiro atoms. The first kappa shape index (κ1) is 13.2. The highest BCUT2D eigenvalue weighted by Crippen LogP contribution is 2.30. The second kappa shape index (κ2) is 6.08. The average molecular weight is 272 g/mol. The summed E-state index contributed by atoms with van der Waals surface area (Å²) < 4.78 is 0. The number of hydrogen-bond donors (Lipinski definition) is 1. The fourth-order valence-electron chi connectivity index (χ4n) is 2.58. The summed E-state index contributed by atoms with van der Waals surface area (Å²) in [5, 5.41) is 4.96. The van der Waals surface area contributed by atoms with Crippen LogP contribution in [0.25, 0.3) is 0 Å². The number of halogens is 2. The lowest BCUT2D eigenvalue weighted by Gasteiger charge is -2.16. The maximum Gasteiger partial charge on any atom is 0.0465 e. The highest BCUT2D eigenvalue weighted by molar-refractivity contribution is 6.35. The van der Waals surface area contributed by atoms with Gasteiger partial charge in [-0.1, -0.05) is 49.0 Å². The Kier molecular flexibility index (Phi) is 4.72. The molecule has 0 amide bonds. The van der Waals surface area contributed by atoms with E-state index in [2.05, 4.69) is 12.2 Å². The van der Waals surface area contributed by atoms with Crippen LogP contribution >= 0.6 is 23.2 Å². The van der Waals surface area contributed by atoms with E-state index in [-0.39, 0.29) is 0 Å². The molecule has 2 atom stereocenters. The summed E-state index contributed by atoms with van der Waals surface area (Å²) in [5.41, 5.74) is 1.13. The van der Waals surface area contributed by atoms with Gasteiger partial charge in [0.15, 0.2) is 0 Å². The fourth-order valence-corrected chi connectivity index (χ4v) is 3.06. The van der Waals surface area contributed by atoms with Crippen molar-refractivity contribution < 1.29 is 0 Å². The van der Waals surface area contributed by atoms with Crippen LogP contribution in [0.15, 0.2) is 18.2 Å². The van der Waals surface area contributed by atoms with Crippen molar-refractivity contribution in [2.45, 2.75) is 32.7 Å².